The average molecular weight is 266 g/mol. The Morgan fingerprint density at radius 3 is 2.75 bits per heavy atom. The minimum Gasteiger partial charge on any atom is -0.384 e. The van der Waals surface area contributed by atoms with Gasteiger partial charge in [0.1, 0.15) is 0 Å². The zero-order chi connectivity index (χ0) is 13.8. The van der Waals surface area contributed by atoms with E-state index in [0.29, 0.717) is 0 Å². The molecule has 0 saturated heterocycles. The molecule has 0 bridgehead atoms. The molecule has 0 radical (unpaired) electrons. The summed E-state index contributed by atoms with van der Waals surface area (Å²) in [6, 6.07) is 17.4. The van der Waals surface area contributed by atoms with Crippen LogP contribution in [0.15, 0.2) is 48.5 Å². The van der Waals surface area contributed by atoms with Crippen LogP contribution >= 0.6 is 0 Å². The van der Waals surface area contributed by atoms with Gasteiger partial charge in [-0.15, -0.1) is 0 Å². The van der Waals surface area contributed by atoms with Crippen LogP contribution in [0.4, 0.5) is 5.69 Å². The van der Waals surface area contributed by atoms with Crippen molar-refractivity contribution in [2.75, 3.05) is 25.5 Å². The zero-order valence-electron chi connectivity index (χ0n) is 12.1. The zero-order valence-corrected chi connectivity index (χ0v) is 12.1. The maximum Gasteiger partial charge on any atom is 0.0419 e. The van der Waals surface area contributed by atoms with Gasteiger partial charge in [0, 0.05) is 25.3 Å². The molecule has 0 amide bonds. The van der Waals surface area contributed by atoms with Gasteiger partial charge in [-0.3, -0.25) is 0 Å². The van der Waals surface area contributed by atoms with E-state index in [1.165, 1.54) is 22.4 Å². The summed E-state index contributed by atoms with van der Waals surface area (Å²) < 4.78 is 0. The number of nitrogens with zero attached hydrogens (tertiary/aromatic N) is 1. The molecule has 2 aromatic carbocycles. The molecule has 0 fully saturated rings. The summed E-state index contributed by atoms with van der Waals surface area (Å²) in [5, 5.41) is 3.52. The maximum atomic E-state index is 3.52. The normalized spacial score (nSPS) is 13.3. The van der Waals surface area contributed by atoms with Crippen LogP contribution in [0.3, 0.4) is 0 Å². The van der Waals surface area contributed by atoms with E-state index in [1.54, 1.807) is 0 Å². The Bertz CT molecular complexity index is 563. The van der Waals surface area contributed by atoms with Gasteiger partial charge in [0.25, 0.3) is 0 Å². The Morgan fingerprint density at radius 2 is 1.90 bits per heavy atom. The van der Waals surface area contributed by atoms with Crippen LogP contribution in [-0.2, 0) is 19.4 Å². The third kappa shape index (κ3) is 3.02. The van der Waals surface area contributed by atoms with Crippen molar-refractivity contribution in [2.24, 2.45) is 0 Å². The summed E-state index contributed by atoms with van der Waals surface area (Å²) in [4.78, 5) is 2.41. The first kappa shape index (κ1) is 13.2. The second-order valence-electron chi connectivity index (χ2n) is 5.60. The Morgan fingerprint density at radius 1 is 1.05 bits per heavy atom. The van der Waals surface area contributed by atoms with Crippen LogP contribution in [0, 0.1) is 0 Å². The maximum absolute atomic E-state index is 3.52. The Kier molecular flexibility index (Phi) is 4.03. The van der Waals surface area contributed by atoms with Gasteiger partial charge in [-0.05, 0) is 36.6 Å². The third-order valence-corrected chi connectivity index (χ3v) is 4.00. The van der Waals surface area contributed by atoms with E-state index in [1.807, 2.05) is 0 Å². The predicted octanol–water partition coefficient (Wildman–Crippen LogP) is 3.33. The topological polar surface area (TPSA) is 15.3 Å². The summed E-state index contributed by atoms with van der Waals surface area (Å²) in [7, 11) is 2.21. The Balaban J connectivity index is 1.59. The summed E-state index contributed by atoms with van der Waals surface area (Å²) in [6.07, 6.45) is 2.27. The largest absolute Gasteiger partial charge is 0.384 e. The highest BCUT2D eigenvalue weighted by Gasteiger charge is 2.14. The van der Waals surface area contributed by atoms with Crippen molar-refractivity contribution in [3.8, 4) is 0 Å². The summed E-state index contributed by atoms with van der Waals surface area (Å²) in [6.45, 7) is 3.19. The summed E-state index contributed by atoms with van der Waals surface area (Å²) in [5.74, 6) is 0. The molecule has 0 aromatic heterocycles. The van der Waals surface area contributed by atoms with Gasteiger partial charge >= 0.3 is 0 Å². The van der Waals surface area contributed by atoms with Gasteiger partial charge < -0.3 is 10.2 Å². The number of rotatable bonds is 5. The van der Waals surface area contributed by atoms with Crippen LogP contribution in [0.25, 0.3) is 0 Å². The lowest BCUT2D eigenvalue weighted by Crippen LogP contribution is -2.21. The van der Waals surface area contributed by atoms with Crippen LogP contribution in [0.2, 0.25) is 0 Å². The number of hydrogen-bond acceptors (Lipinski definition) is 2. The standard InChI is InChI=1S/C18H22N2/c1-20(13-11-15-6-3-2-4-7-15)14-17-9-5-8-16-10-12-19-18(16)17/h2-9,19H,10-14H2,1H3. The van der Waals surface area contributed by atoms with Gasteiger partial charge in [-0.25, -0.2) is 0 Å². The highest BCUT2D eigenvalue weighted by molar-refractivity contribution is 5.61. The fourth-order valence-electron chi connectivity index (χ4n) is 2.88. The fraction of sp³-hybridized carbons (Fsp3) is 0.333. The average Bonchev–Trinajstić information content (AvgIpc) is 2.96. The van der Waals surface area contributed by atoms with Crippen LogP contribution < -0.4 is 5.32 Å². The molecule has 1 aliphatic rings. The highest BCUT2D eigenvalue weighted by atomic mass is 15.1. The summed E-state index contributed by atoms with van der Waals surface area (Å²) >= 11 is 0. The van der Waals surface area contributed by atoms with Crippen LogP contribution in [0.1, 0.15) is 16.7 Å². The molecular weight excluding hydrogens is 244 g/mol. The number of fused-ring (bicyclic) bond motifs is 1. The van der Waals surface area contributed by atoms with E-state index in [9.17, 15) is 0 Å². The molecule has 0 atom stereocenters. The number of hydrogen-bond donors (Lipinski definition) is 1. The molecule has 0 saturated carbocycles. The van der Waals surface area contributed by atoms with Crippen LogP contribution in [-0.4, -0.2) is 25.0 Å². The van der Waals surface area contributed by atoms with E-state index in [0.717, 1.165) is 32.5 Å². The van der Waals surface area contributed by atoms with Crippen molar-refractivity contribution in [1.82, 2.24) is 4.90 Å². The monoisotopic (exact) mass is 266 g/mol. The van der Waals surface area contributed by atoms with Crippen molar-refractivity contribution in [2.45, 2.75) is 19.4 Å². The van der Waals surface area contributed by atoms with Crippen molar-refractivity contribution in [1.29, 1.82) is 0 Å². The predicted molar refractivity (Wildman–Crippen MR) is 85.1 cm³/mol. The first-order valence-corrected chi connectivity index (χ1v) is 7.40. The van der Waals surface area contributed by atoms with Gasteiger partial charge in [-0.2, -0.15) is 0 Å². The molecular formula is C18H22N2. The van der Waals surface area contributed by atoms with Crippen LogP contribution in [0.5, 0.6) is 0 Å². The fourth-order valence-corrected chi connectivity index (χ4v) is 2.88. The molecule has 104 valence electrons. The minimum atomic E-state index is 1.02. The molecule has 1 aliphatic heterocycles. The third-order valence-electron chi connectivity index (χ3n) is 4.00. The van der Waals surface area contributed by atoms with Gasteiger partial charge in [-0.1, -0.05) is 48.5 Å². The van der Waals surface area contributed by atoms with Crippen molar-refractivity contribution < 1.29 is 0 Å². The van der Waals surface area contributed by atoms with Gasteiger partial charge in [0.15, 0.2) is 0 Å². The number of para-hydroxylation sites is 1. The smallest absolute Gasteiger partial charge is 0.0419 e. The lowest BCUT2D eigenvalue weighted by atomic mass is 10.1. The molecule has 1 N–H and O–H groups in total. The lowest BCUT2D eigenvalue weighted by Gasteiger charge is -2.18. The van der Waals surface area contributed by atoms with E-state index in [-0.39, 0.29) is 0 Å². The SMILES string of the molecule is CN(CCc1ccccc1)Cc1cccc2c1NCC2. The second kappa shape index (κ2) is 6.10. The molecule has 0 aliphatic carbocycles. The van der Waals surface area contributed by atoms with Crippen molar-refractivity contribution in [3.63, 3.8) is 0 Å². The Hall–Kier alpha value is -1.80. The second-order valence-corrected chi connectivity index (χ2v) is 5.60. The molecule has 0 unspecified atom stereocenters. The number of benzene rings is 2. The molecule has 2 aromatic rings. The number of anilines is 1. The van der Waals surface area contributed by atoms with Gasteiger partial charge in [0.05, 0.1) is 0 Å². The minimum absolute atomic E-state index is 1.02. The molecule has 2 heteroatoms. The number of nitrogens with one attached hydrogen (secondary N) is 1. The first-order valence-electron chi connectivity index (χ1n) is 7.40. The highest BCUT2D eigenvalue weighted by Crippen LogP contribution is 2.27. The molecule has 20 heavy (non-hydrogen) atoms. The van der Waals surface area contributed by atoms with Crippen molar-refractivity contribution in [3.05, 3.63) is 65.2 Å². The van der Waals surface area contributed by atoms with E-state index >= 15 is 0 Å². The molecule has 1 heterocycles. The van der Waals surface area contributed by atoms with Crippen molar-refractivity contribution >= 4 is 5.69 Å². The number of likely N-dealkylation sites (N-methyl/N-ethyl adjacent to an activating group) is 1. The first-order chi connectivity index (χ1) is 9.83. The molecule has 2 nitrogen and oxygen atoms in total. The summed E-state index contributed by atoms with van der Waals surface area (Å²) in [5.41, 5.74) is 5.68. The van der Waals surface area contributed by atoms with E-state index in [4.69, 9.17) is 0 Å². The van der Waals surface area contributed by atoms with E-state index in [2.05, 4.69) is 65.8 Å². The molecule has 0 spiro atoms. The lowest BCUT2D eigenvalue weighted by molar-refractivity contribution is 0.331. The van der Waals surface area contributed by atoms with Gasteiger partial charge in [0.2, 0.25) is 0 Å². The quantitative estimate of drug-likeness (QED) is 0.893. The molecule has 3 rings (SSSR count). The Labute approximate surface area is 121 Å². The van der Waals surface area contributed by atoms with E-state index < -0.39 is 0 Å².